The highest BCUT2D eigenvalue weighted by Crippen LogP contribution is 2.40. The number of rotatable bonds is 6. The molecule has 2 unspecified atom stereocenters. The molecule has 4 N–H and O–H groups in total. The molecule has 0 bridgehead atoms. The van der Waals surface area contributed by atoms with E-state index in [1.54, 1.807) is 6.92 Å². The first-order valence-corrected chi connectivity index (χ1v) is 7.02. The molecule has 8 nitrogen and oxygen atoms in total. The van der Waals surface area contributed by atoms with Crippen LogP contribution in [0, 0.1) is 26.1 Å². The van der Waals surface area contributed by atoms with Gasteiger partial charge in [-0.15, -0.1) is 0 Å². The zero-order valence-electron chi connectivity index (χ0n) is 12.5. The van der Waals surface area contributed by atoms with Crippen molar-refractivity contribution in [3.8, 4) is 0 Å². The fraction of sp³-hybridized carbons (Fsp3) is 0.692. The van der Waals surface area contributed by atoms with E-state index in [2.05, 4.69) is 0 Å². The molecule has 0 spiro atoms. The minimum atomic E-state index is -1.70. The van der Waals surface area contributed by atoms with Crippen molar-refractivity contribution in [3.63, 3.8) is 0 Å². The molecule has 0 aromatic rings. The average molecular weight is 298 g/mol. The van der Waals surface area contributed by atoms with Gasteiger partial charge in [0.25, 0.3) is 11.7 Å². The highest BCUT2D eigenvalue weighted by atomic mass is 16.6. The quantitative estimate of drug-likeness (QED) is 0.563. The van der Waals surface area contributed by atoms with E-state index >= 15 is 0 Å². The number of nitro groups is 2. The second-order valence-electron chi connectivity index (χ2n) is 5.26. The number of nitrogens with zero attached hydrogens (tertiary/aromatic N) is 2. The number of nitrogens with two attached hydrogens (primary N) is 2. The molecule has 0 aliphatic heterocycles. The van der Waals surface area contributed by atoms with Gasteiger partial charge in [-0.25, -0.2) is 0 Å². The SMILES string of the molecule is CCC1=C(N)C([N+](=O)[O-])C(N)(C(CC)CC)C([N+](=O)[O-])=C1. The van der Waals surface area contributed by atoms with Crippen molar-refractivity contribution >= 4 is 0 Å². The number of hydrogen-bond acceptors (Lipinski definition) is 6. The van der Waals surface area contributed by atoms with Crippen LogP contribution < -0.4 is 11.5 Å². The Morgan fingerprint density at radius 2 is 1.81 bits per heavy atom. The van der Waals surface area contributed by atoms with Crippen LogP contribution in [0.4, 0.5) is 0 Å². The molecular formula is C13H22N4O4. The van der Waals surface area contributed by atoms with Crippen molar-refractivity contribution in [3.05, 3.63) is 43.3 Å². The van der Waals surface area contributed by atoms with Crippen LogP contribution in [0.5, 0.6) is 0 Å². The molecular weight excluding hydrogens is 276 g/mol. The van der Waals surface area contributed by atoms with Gasteiger partial charge in [-0.3, -0.25) is 20.2 Å². The standard InChI is InChI=1S/C13H22N4O4/c1-4-8-7-10(16(18)19)13(15,9(5-2)6-3)12(11(8)14)17(20)21/h7,9,12H,4-6,14-15H2,1-3H3. The molecule has 1 rings (SSSR count). The second-order valence-corrected chi connectivity index (χ2v) is 5.26. The average Bonchev–Trinajstić information content (AvgIpc) is 2.39. The number of hydrogen-bond donors (Lipinski definition) is 2. The van der Waals surface area contributed by atoms with Crippen LogP contribution in [-0.4, -0.2) is 21.4 Å². The highest BCUT2D eigenvalue weighted by Gasteiger charge is 2.60. The first kappa shape index (κ1) is 17.1. The summed E-state index contributed by atoms with van der Waals surface area (Å²) in [5, 5.41) is 22.9. The molecule has 21 heavy (non-hydrogen) atoms. The molecule has 118 valence electrons. The largest absolute Gasteiger partial charge is 0.396 e. The Morgan fingerprint density at radius 1 is 1.29 bits per heavy atom. The van der Waals surface area contributed by atoms with Crippen LogP contribution in [0.1, 0.15) is 40.0 Å². The summed E-state index contributed by atoms with van der Waals surface area (Å²) in [6.45, 7) is 5.37. The minimum absolute atomic E-state index is 0.0301. The van der Waals surface area contributed by atoms with Gasteiger partial charge in [0.1, 0.15) is 0 Å². The van der Waals surface area contributed by atoms with Gasteiger partial charge in [0.05, 0.1) is 10.6 Å². The molecule has 0 heterocycles. The lowest BCUT2D eigenvalue weighted by molar-refractivity contribution is -0.536. The zero-order chi connectivity index (χ0) is 16.4. The maximum absolute atomic E-state index is 11.5. The number of allylic oxidation sites excluding steroid dienone is 2. The van der Waals surface area contributed by atoms with Crippen LogP contribution in [0.3, 0.4) is 0 Å². The van der Waals surface area contributed by atoms with Gasteiger partial charge < -0.3 is 11.5 Å². The van der Waals surface area contributed by atoms with Crippen LogP contribution in [0.2, 0.25) is 0 Å². The molecule has 0 saturated carbocycles. The van der Waals surface area contributed by atoms with Gasteiger partial charge in [-0.2, -0.15) is 0 Å². The molecule has 1 aliphatic rings. The van der Waals surface area contributed by atoms with Gasteiger partial charge >= 0.3 is 0 Å². The van der Waals surface area contributed by atoms with E-state index in [0.717, 1.165) is 0 Å². The monoisotopic (exact) mass is 298 g/mol. The van der Waals surface area contributed by atoms with E-state index in [0.29, 0.717) is 24.8 Å². The maximum Gasteiger partial charge on any atom is 0.280 e. The molecule has 2 atom stereocenters. The van der Waals surface area contributed by atoms with Gasteiger partial charge in [-0.05, 0) is 17.9 Å². The molecule has 0 aromatic carbocycles. The third kappa shape index (κ3) is 2.63. The lowest BCUT2D eigenvalue weighted by Crippen LogP contribution is -2.64. The Hall–Kier alpha value is -1.96. The van der Waals surface area contributed by atoms with Gasteiger partial charge in [0.15, 0.2) is 5.54 Å². The summed E-state index contributed by atoms with van der Waals surface area (Å²) in [7, 11) is 0. The maximum atomic E-state index is 11.5. The lowest BCUT2D eigenvalue weighted by atomic mass is 9.69. The fourth-order valence-corrected chi connectivity index (χ4v) is 3.15. The van der Waals surface area contributed by atoms with E-state index in [1.165, 1.54) is 6.08 Å². The molecule has 1 aliphatic carbocycles. The summed E-state index contributed by atoms with van der Waals surface area (Å²) < 4.78 is 0. The second kappa shape index (κ2) is 6.21. The lowest BCUT2D eigenvalue weighted by Gasteiger charge is -2.38. The van der Waals surface area contributed by atoms with Crippen molar-refractivity contribution in [1.29, 1.82) is 0 Å². The highest BCUT2D eigenvalue weighted by molar-refractivity contribution is 5.41. The topological polar surface area (TPSA) is 138 Å². The third-order valence-electron chi connectivity index (χ3n) is 4.32. The summed E-state index contributed by atoms with van der Waals surface area (Å²) in [6.07, 6.45) is 2.69. The normalized spacial score (nSPS) is 26.0. The summed E-state index contributed by atoms with van der Waals surface area (Å²) in [5.74, 6) is -0.401. The first-order chi connectivity index (χ1) is 9.75. The van der Waals surface area contributed by atoms with Crippen molar-refractivity contribution in [2.75, 3.05) is 0 Å². The van der Waals surface area contributed by atoms with E-state index in [-0.39, 0.29) is 11.4 Å². The Balaban J connectivity index is 3.63. The van der Waals surface area contributed by atoms with Crippen molar-refractivity contribution in [1.82, 2.24) is 0 Å². The molecule has 8 heteroatoms. The molecule has 0 saturated heterocycles. The van der Waals surface area contributed by atoms with Crippen LogP contribution in [0.25, 0.3) is 0 Å². The first-order valence-electron chi connectivity index (χ1n) is 7.02. The smallest absolute Gasteiger partial charge is 0.280 e. The molecule has 0 amide bonds. The van der Waals surface area contributed by atoms with Crippen molar-refractivity contribution < 1.29 is 9.85 Å². The van der Waals surface area contributed by atoms with Crippen molar-refractivity contribution in [2.24, 2.45) is 17.4 Å². The Labute approximate surface area is 123 Å². The summed E-state index contributed by atoms with van der Waals surface area (Å²) >= 11 is 0. The zero-order valence-corrected chi connectivity index (χ0v) is 12.5. The van der Waals surface area contributed by atoms with Crippen LogP contribution in [0.15, 0.2) is 23.0 Å². The summed E-state index contributed by atoms with van der Waals surface area (Å²) in [5.41, 5.74) is 10.6. The van der Waals surface area contributed by atoms with Gasteiger partial charge in [0, 0.05) is 11.0 Å². The van der Waals surface area contributed by atoms with E-state index in [9.17, 15) is 20.2 Å². The predicted molar refractivity (Wildman–Crippen MR) is 78.4 cm³/mol. The van der Waals surface area contributed by atoms with E-state index in [1.807, 2.05) is 13.8 Å². The Morgan fingerprint density at radius 3 is 2.14 bits per heavy atom. The molecule has 0 fully saturated rings. The van der Waals surface area contributed by atoms with E-state index in [4.69, 9.17) is 11.5 Å². The molecule has 0 radical (unpaired) electrons. The summed E-state index contributed by atoms with van der Waals surface area (Å²) in [6, 6.07) is -1.47. The molecule has 0 aromatic heterocycles. The van der Waals surface area contributed by atoms with E-state index < -0.39 is 27.3 Å². The van der Waals surface area contributed by atoms with Crippen LogP contribution in [-0.2, 0) is 0 Å². The minimum Gasteiger partial charge on any atom is -0.396 e. The Kier molecular flexibility index (Phi) is 5.06. The fourth-order valence-electron chi connectivity index (χ4n) is 3.15. The van der Waals surface area contributed by atoms with Crippen LogP contribution >= 0.6 is 0 Å². The van der Waals surface area contributed by atoms with Crippen molar-refractivity contribution in [2.45, 2.75) is 51.6 Å². The van der Waals surface area contributed by atoms with Gasteiger partial charge in [-0.1, -0.05) is 33.6 Å². The third-order valence-corrected chi connectivity index (χ3v) is 4.32. The predicted octanol–water partition coefficient (Wildman–Crippen LogP) is 1.56. The summed E-state index contributed by atoms with van der Waals surface area (Å²) in [4.78, 5) is 21.7. The Bertz CT molecular complexity index is 510. The van der Waals surface area contributed by atoms with Gasteiger partial charge in [0.2, 0.25) is 0 Å².